The molecule has 21 heavy (non-hydrogen) atoms. The van der Waals surface area contributed by atoms with E-state index in [-0.39, 0.29) is 10.7 Å². The van der Waals surface area contributed by atoms with E-state index in [1.54, 1.807) is 19.1 Å². The molecule has 0 bridgehead atoms. The van der Waals surface area contributed by atoms with Gasteiger partial charge in [0.25, 0.3) is 5.91 Å². The van der Waals surface area contributed by atoms with E-state index < -0.39 is 20.9 Å². The molecule has 1 amide bonds. The SMILES string of the molecule is Cc1cccnc1NC(=O)c1nc(S(C)(=O)=O)ncc1Cl. The molecule has 2 rings (SSSR count). The van der Waals surface area contributed by atoms with Crippen molar-refractivity contribution in [2.75, 3.05) is 11.6 Å². The number of nitrogens with zero attached hydrogens (tertiary/aromatic N) is 3. The van der Waals surface area contributed by atoms with Crippen molar-refractivity contribution < 1.29 is 13.2 Å². The Morgan fingerprint density at radius 2 is 2.05 bits per heavy atom. The first-order valence-electron chi connectivity index (χ1n) is 5.74. The van der Waals surface area contributed by atoms with Crippen molar-refractivity contribution in [2.24, 2.45) is 0 Å². The van der Waals surface area contributed by atoms with Crippen molar-refractivity contribution in [2.45, 2.75) is 12.1 Å². The van der Waals surface area contributed by atoms with Crippen LogP contribution in [0.15, 0.2) is 29.7 Å². The predicted octanol–water partition coefficient (Wildman–Crippen LogP) is 1.49. The molecule has 0 aliphatic carbocycles. The highest BCUT2D eigenvalue weighted by atomic mass is 35.5. The second-order valence-electron chi connectivity index (χ2n) is 4.24. The quantitative estimate of drug-likeness (QED) is 0.857. The van der Waals surface area contributed by atoms with Crippen molar-refractivity contribution in [1.29, 1.82) is 0 Å². The molecule has 110 valence electrons. The smallest absolute Gasteiger partial charge is 0.277 e. The maximum absolute atomic E-state index is 12.1. The van der Waals surface area contributed by atoms with E-state index in [0.29, 0.717) is 5.82 Å². The lowest BCUT2D eigenvalue weighted by atomic mass is 10.3. The molecule has 0 fully saturated rings. The van der Waals surface area contributed by atoms with Crippen molar-refractivity contribution >= 4 is 33.2 Å². The number of hydrogen-bond donors (Lipinski definition) is 1. The lowest BCUT2D eigenvalue weighted by Crippen LogP contribution is -2.18. The van der Waals surface area contributed by atoms with E-state index in [1.807, 2.05) is 0 Å². The molecule has 2 aromatic heterocycles. The summed E-state index contributed by atoms with van der Waals surface area (Å²) in [5, 5.41) is 2.02. The maximum Gasteiger partial charge on any atom is 0.277 e. The van der Waals surface area contributed by atoms with E-state index >= 15 is 0 Å². The Labute approximate surface area is 126 Å². The van der Waals surface area contributed by atoms with Gasteiger partial charge in [0.05, 0.1) is 11.2 Å². The van der Waals surface area contributed by atoms with Gasteiger partial charge in [-0.15, -0.1) is 0 Å². The lowest BCUT2D eigenvalue weighted by Gasteiger charge is -2.08. The summed E-state index contributed by atoms with van der Waals surface area (Å²) in [7, 11) is -3.63. The number of carbonyl (C=O) groups excluding carboxylic acids is 1. The van der Waals surface area contributed by atoms with Crippen LogP contribution < -0.4 is 5.32 Å². The molecule has 0 saturated heterocycles. The molecule has 0 unspecified atom stereocenters. The van der Waals surface area contributed by atoms with E-state index in [1.165, 1.54) is 6.20 Å². The second-order valence-corrected chi connectivity index (χ2v) is 6.56. The van der Waals surface area contributed by atoms with Gasteiger partial charge in [0.1, 0.15) is 5.82 Å². The Bertz CT molecular complexity index is 808. The van der Waals surface area contributed by atoms with Crippen LogP contribution in [0, 0.1) is 6.92 Å². The largest absolute Gasteiger partial charge is 0.305 e. The van der Waals surface area contributed by atoms with Crippen LogP contribution in [0.25, 0.3) is 0 Å². The molecule has 0 aromatic carbocycles. The zero-order chi connectivity index (χ0) is 15.6. The van der Waals surface area contributed by atoms with E-state index in [2.05, 4.69) is 20.3 Å². The van der Waals surface area contributed by atoms with Crippen LogP contribution in [0.1, 0.15) is 16.1 Å². The number of halogens is 1. The number of aromatic nitrogens is 3. The fourth-order valence-electron chi connectivity index (χ4n) is 1.47. The minimum Gasteiger partial charge on any atom is -0.305 e. The summed E-state index contributed by atoms with van der Waals surface area (Å²) in [5.74, 6) is -0.313. The lowest BCUT2D eigenvalue weighted by molar-refractivity contribution is 0.102. The molecule has 1 N–H and O–H groups in total. The molecule has 0 radical (unpaired) electrons. The van der Waals surface area contributed by atoms with Crippen LogP contribution in [-0.4, -0.2) is 35.5 Å². The van der Waals surface area contributed by atoms with Gasteiger partial charge in [0.15, 0.2) is 5.69 Å². The molecule has 0 aliphatic heterocycles. The minimum absolute atomic E-state index is 0.0477. The first-order chi connectivity index (χ1) is 9.79. The summed E-state index contributed by atoms with van der Waals surface area (Å²) in [5.41, 5.74) is 0.525. The van der Waals surface area contributed by atoms with Gasteiger partial charge in [0, 0.05) is 12.5 Å². The van der Waals surface area contributed by atoms with Gasteiger partial charge in [-0.2, -0.15) is 0 Å². The zero-order valence-electron chi connectivity index (χ0n) is 11.2. The Hall–Kier alpha value is -2.06. The Morgan fingerprint density at radius 3 is 2.67 bits per heavy atom. The number of sulfone groups is 1. The molecule has 0 atom stereocenters. The number of rotatable bonds is 3. The van der Waals surface area contributed by atoms with Crippen LogP contribution >= 0.6 is 11.6 Å². The fourth-order valence-corrected chi connectivity index (χ4v) is 2.15. The molecule has 2 heterocycles. The van der Waals surface area contributed by atoms with Gasteiger partial charge in [-0.1, -0.05) is 17.7 Å². The first kappa shape index (κ1) is 15.3. The average molecular weight is 327 g/mol. The Kier molecular flexibility index (Phi) is 4.19. The first-order valence-corrected chi connectivity index (χ1v) is 8.01. The molecule has 9 heteroatoms. The number of aryl methyl sites for hydroxylation is 1. The maximum atomic E-state index is 12.1. The predicted molar refractivity (Wildman–Crippen MR) is 77.1 cm³/mol. The van der Waals surface area contributed by atoms with Gasteiger partial charge < -0.3 is 5.32 Å². The average Bonchev–Trinajstić information content (AvgIpc) is 2.40. The van der Waals surface area contributed by atoms with Crippen molar-refractivity contribution in [3.05, 3.63) is 40.8 Å². The van der Waals surface area contributed by atoms with Crippen LogP contribution in [0.4, 0.5) is 5.82 Å². The third kappa shape index (κ3) is 3.53. The molecule has 7 nitrogen and oxygen atoms in total. The normalized spacial score (nSPS) is 11.2. The summed E-state index contributed by atoms with van der Waals surface area (Å²) < 4.78 is 22.8. The summed E-state index contributed by atoms with van der Waals surface area (Å²) in [6, 6.07) is 3.50. The number of nitrogens with one attached hydrogen (secondary N) is 1. The molecule has 0 saturated carbocycles. The molecule has 2 aromatic rings. The number of hydrogen-bond acceptors (Lipinski definition) is 6. The minimum atomic E-state index is -3.63. The second kappa shape index (κ2) is 5.74. The van der Waals surface area contributed by atoms with Crippen LogP contribution in [-0.2, 0) is 9.84 Å². The summed E-state index contributed by atoms with van der Waals surface area (Å²) in [4.78, 5) is 23.4. The van der Waals surface area contributed by atoms with E-state index in [0.717, 1.165) is 18.0 Å². The van der Waals surface area contributed by atoms with Crippen LogP contribution in [0.5, 0.6) is 0 Å². The molecular weight excluding hydrogens is 316 g/mol. The standard InChI is InChI=1S/C12H11ClN4O3S/c1-7-4-3-5-14-10(7)17-11(18)9-8(13)6-15-12(16-9)21(2,19)20/h3-6H,1-2H3,(H,14,17,18). The fraction of sp³-hybridized carbons (Fsp3) is 0.167. The monoisotopic (exact) mass is 326 g/mol. The van der Waals surface area contributed by atoms with Crippen molar-refractivity contribution in [3.8, 4) is 0 Å². The number of amides is 1. The van der Waals surface area contributed by atoms with E-state index in [9.17, 15) is 13.2 Å². The Balaban J connectivity index is 2.38. The van der Waals surface area contributed by atoms with E-state index in [4.69, 9.17) is 11.6 Å². The third-order valence-corrected chi connectivity index (χ3v) is 3.65. The summed E-state index contributed by atoms with van der Waals surface area (Å²) in [6.07, 6.45) is 3.54. The van der Waals surface area contributed by atoms with Crippen LogP contribution in [0.2, 0.25) is 5.02 Å². The van der Waals surface area contributed by atoms with Gasteiger partial charge in [-0.3, -0.25) is 4.79 Å². The number of carbonyl (C=O) groups is 1. The topological polar surface area (TPSA) is 102 Å². The molecule has 0 aliphatic rings. The highest BCUT2D eigenvalue weighted by molar-refractivity contribution is 7.90. The molecule has 0 spiro atoms. The highest BCUT2D eigenvalue weighted by Crippen LogP contribution is 2.17. The van der Waals surface area contributed by atoms with Gasteiger partial charge in [-0.25, -0.2) is 23.4 Å². The van der Waals surface area contributed by atoms with Crippen LogP contribution in [0.3, 0.4) is 0 Å². The number of pyridine rings is 1. The molecular formula is C12H11ClN4O3S. The van der Waals surface area contributed by atoms with Gasteiger partial charge in [-0.05, 0) is 18.6 Å². The summed E-state index contributed by atoms with van der Waals surface area (Å²) in [6.45, 7) is 1.77. The highest BCUT2D eigenvalue weighted by Gasteiger charge is 2.19. The third-order valence-electron chi connectivity index (χ3n) is 2.51. The zero-order valence-corrected chi connectivity index (χ0v) is 12.7. The van der Waals surface area contributed by atoms with Gasteiger partial charge >= 0.3 is 0 Å². The number of anilines is 1. The summed E-state index contributed by atoms with van der Waals surface area (Å²) >= 11 is 5.85. The van der Waals surface area contributed by atoms with Crippen molar-refractivity contribution in [1.82, 2.24) is 15.0 Å². The van der Waals surface area contributed by atoms with Crippen molar-refractivity contribution in [3.63, 3.8) is 0 Å². The van der Waals surface area contributed by atoms with Gasteiger partial charge in [0.2, 0.25) is 15.0 Å². The Morgan fingerprint density at radius 1 is 1.33 bits per heavy atom.